The van der Waals surface area contributed by atoms with Crippen molar-refractivity contribution in [2.45, 2.75) is 95.4 Å². The molecule has 6 N–H and O–H groups in total. The molecule has 3 aliphatic rings. The summed E-state index contributed by atoms with van der Waals surface area (Å²) in [7, 11) is 1.66. The summed E-state index contributed by atoms with van der Waals surface area (Å²) in [6.45, 7) is 9.42. The number of benzene rings is 3. The van der Waals surface area contributed by atoms with Crippen LogP contribution in [0.1, 0.15) is 85.7 Å². The molecule has 0 bridgehead atoms. The summed E-state index contributed by atoms with van der Waals surface area (Å²) in [5.74, 6) is 0.0977. The van der Waals surface area contributed by atoms with Crippen molar-refractivity contribution in [2.24, 2.45) is 5.73 Å². The molecular formula is C58H72FN13O6S. The van der Waals surface area contributed by atoms with Crippen molar-refractivity contribution in [3.63, 3.8) is 0 Å². The molecule has 418 valence electrons. The van der Waals surface area contributed by atoms with Crippen LogP contribution in [0.2, 0.25) is 0 Å². The van der Waals surface area contributed by atoms with Gasteiger partial charge in [-0.2, -0.15) is 5.10 Å². The molecule has 3 saturated heterocycles. The van der Waals surface area contributed by atoms with E-state index in [1.54, 1.807) is 41.6 Å². The number of piperazine rings is 1. The number of ether oxygens (including phenoxy) is 1. The Kier molecular flexibility index (Phi) is 19.1. The van der Waals surface area contributed by atoms with Gasteiger partial charge in [0.1, 0.15) is 17.3 Å². The van der Waals surface area contributed by atoms with E-state index in [0.29, 0.717) is 88.4 Å². The fourth-order valence-corrected chi connectivity index (χ4v) is 12.0. The number of aromatic nitrogens is 5. The molecule has 9 rings (SSSR count). The van der Waals surface area contributed by atoms with Gasteiger partial charge in [-0.25, -0.2) is 28.8 Å². The lowest BCUT2D eigenvalue weighted by Crippen LogP contribution is -2.49. The third-order valence-electron chi connectivity index (χ3n) is 15.4. The number of aryl methyl sites for hydroxylation is 1. The van der Waals surface area contributed by atoms with Gasteiger partial charge >= 0.3 is 6.03 Å². The maximum Gasteiger partial charge on any atom is 0.320 e. The van der Waals surface area contributed by atoms with Gasteiger partial charge in [0.25, 0.3) is 0 Å². The normalized spacial score (nSPS) is 19.2. The lowest BCUT2D eigenvalue weighted by atomic mass is 9.94. The maximum absolute atomic E-state index is 14.4. The van der Waals surface area contributed by atoms with Crippen LogP contribution in [0.4, 0.5) is 21.0 Å². The Bertz CT molecular complexity index is 3010. The van der Waals surface area contributed by atoms with Crippen molar-refractivity contribution < 1.29 is 33.4 Å². The fourth-order valence-electron chi connectivity index (χ4n) is 11.1. The second kappa shape index (κ2) is 26.7. The Balaban J connectivity index is 0.716. The fraction of sp³-hybridized carbons (Fsp3) is 0.448. The molecule has 6 aromatic rings. The number of hydrogen-bond donors (Lipinski definition) is 5. The number of methoxy groups -OCH3 is 1. The molecular weight excluding hydrogens is 1030 g/mol. The number of nitrogens with two attached hydrogens (primary N) is 1. The first-order valence-corrected chi connectivity index (χ1v) is 28.3. The van der Waals surface area contributed by atoms with Gasteiger partial charge in [0, 0.05) is 114 Å². The first-order valence-electron chi connectivity index (χ1n) is 27.4. The molecule has 3 aromatic heterocycles. The Morgan fingerprint density at radius 2 is 1.62 bits per heavy atom. The highest BCUT2D eigenvalue weighted by molar-refractivity contribution is 7.13. The van der Waals surface area contributed by atoms with Crippen LogP contribution in [0.15, 0.2) is 96.8 Å². The highest BCUT2D eigenvalue weighted by Crippen LogP contribution is 2.36. The number of halogens is 1. The van der Waals surface area contributed by atoms with Gasteiger partial charge in [0.15, 0.2) is 0 Å². The molecule has 6 heterocycles. The summed E-state index contributed by atoms with van der Waals surface area (Å²) in [4.78, 5) is 75.9. The summed E-state index contributed by atoms with van der Waals surface area (Å²) in [6.07, 6.45) is 7.96. The lowest BCUT2D eigenvalue weighted by molar-refractivity contribution is -0.131. The predicted molar refractivity (Wildman–Crippen MR) is 302 cm³/mol. The molecule has 0 aliphatic carbocycles. The Morgan fingerprint density at radius 3 is 2.33 bits per heavy atom. The predicted octanol–water partition coefficient (Wildman–Crippen LogP) is 6.60. The summed E-state index contributed by atoms with van der Waals surface area (Å²) in [5.41, 5.74) is 14.0. The topological polar surface area (TPSA) is 229 Å². The number of carbonyl (C=O) groups excluding carboxylic acids is 4. The molecule has 0 spiro atoms. The molecule has 0 radical (unpaired) electrons. The number of unbranched alkanes of at least 4 members (excludes halogenated alkanes) is 4. The average Bonchev–Trinajstić information content (AvgIpc) is 4.35. The lowest BCUT2D eigenvalue weighted by Gasteiger charge is -2.34. The van der Waals surface area contributed by atoms with Crippen LogP contribution in [0.5, 0.6) is 0 Å². The number of urea groups is 1. The molecule has 3 fully saturated rings. The minimum Gasteiger partial charge on any atom is -0.392 e. The first kappa shape index (κ1) is 56.5. The number of β-amino-alcohol motifs (C(OH)–C–C–N with tert-alkyl or cyclic N) is 1. The van der Waals surface area contributed by atoms with Crippen LogP contribution < -0.4 is 26.6 Å². The number of aliphatic hydroxyl groups is 1. The van der Waals surface area contributed by atoms with Crippen LogP contribution >= 0.6 is 11.3 Å². The summed E-state index contributed by atoms with van der Waals surface area (Å²) in [5, 5.41) is 24.8. The van der Waals surface area contributed by atoms with Crippen LogP contribution in [0.25, 0.3) is 27.4 Å². The van der Waals surface area contributed by atoms with Gasteiger partial charge in [-0.1, -0.05) is 73.9 Å². The van der Waals surface area contributed by atoms with Gasteiger partial charge in [-0.3, -0.25) is 29.5 Å². The van der Waals surface area contributed by atoms with Crippen molar-refractivity contribution in [3.8, 4) is 27.4 Å². The van der Waals surface area contributed by atoms with Crippen LogP contribution in [0.3, 0.4) is 0 Å². The quantitative estimate of drug-likeness (QED) is 0.0427. The van der Waals surface area contributed by atoms with Gasteiger partial charge < -0.3 is 36.0 Å². The van der Waals surface area contributed by atoms with E-state index in [2.05, 4.69) is 30.7 Å². The van der Waals surface area contributed by atoms with Crippen LogP contribution in [-0.4, -0.2) is 159 Å². The van der Waals surface area contributed by atoms with E-state index in [0.717, 1.165) is 70.6 Å². The molecule has 2 unspecified atom stereocenters. The van der Waals surface area contributed by atoms with Crippen molar-refractivity contribution >= 4 is 46.9 Å². The van der Waals surface area contributed by atoms with E-state index in [9.17, 15) is 28.7 Å². The number of carbonyl (C=O) groups is 4. The molecule has 5 atom stereocenters. The van der Waals surface area contributed by atoms with E-state index in [4.69, 9.17) is 25.5 Å². The number of para-hydroxylation sites is 1. The summed E-state index contributed by atoms with van der Waals surface area (Å²) < 4.78 is 21.4. The number of nitrogens with one attached hydrogen (secondary N) is 3. The summed E-state index contributed by atoms with van der Waals surface area (Å²) >= 11 is 1.57. The maximum atomic E-state index is 14.4. The number of nitrogens with zero attached hydrogens (tertiary/aromatic N) is 9. The number of aliphatic hydroxyl groups excluding tert-OH is 1. The van der Waals surface area contributed by atoms with Gasteiger partial charge in [0.05, 0.1) is 46.6 Å². The standard InChI is InChI=1S/C58H72FN13O6S/c1-38-53(67-72(45-15-8-7-9-16-45)56(38)66-58(77)65-48-36-68(27-28-78-3)35-47(48)42-13-12-14-44(59)29-42)43-32-62-57(63-33-43)70-25-23-69(24-26-70)52(75)17-10-5-4-6-11-22-61-51(74)31-49(71-34-46(73)30-50(71)55(60)76)40-18-20-41(21-19-40)54-39(2)64-37-79-54/h7-9,12-16,18-21,29,32-33,37,46-50,73H,4-6,10-11,17,22-28,30-31,34-36H2,1-3H3,(H2,60,76)(H,61,74)(H2,65,66,77)/t46?,47-,48+,49-,50?/m0/s1. The Morgan fingerprint density at radius 1 is 0.873 bits per heavy atom. The first-order chi connectivity index (χ1) is 38.3. The minimum atomic E-state index is -0.706. The number of anilines is 2. The van der Waals surface area contributed by atoms with Crippen molar-refractivity contribution in [1.82, 2.24) is 50.1 Å². The smallest absolute Gasteiger partial charge is 0.320 e. The second-order valence-electron chi connectivity index (χ2n) is 20.8. The van der Waals surface area contributed by atoms with Crippen molar-refractivity contribution in [3.05, 3.63) is 125 Å². The number of likely N-dealkylation sites (tertiary alicyclic amines) is 2. The number of hydrogen-bond acceptors (Lipinski definition) is 14. The number of thiazole rings is 1. The zero-order valence-electron chi connectivity index (χ0n) is 45.2. The summed E-state index contributed by atoms with van der Waals surface area (Å²) in [6, 6.07) is 22.3. The number of primary amides is 1. The Hall–Kier alpha value is -7.17. The molecule has 19 nitrogen and oxygen atoms in total. The molecule has 79 heavy (non-hydrogen) atoms. The molecule has 21 heteroatoms. The van der Waals surface area contributed by atoms with E-state index >= 15 is 0 Å². The highest BCUT2D eigenvalue weighted by atomic mass is 32.1. The third kappa shape index (κ3) is 14.2. The second-order valence-corrected chi connectivity index (χ2v) is 21.7. The monoisotopic (exact) mass is 1100 g/mol. The zero-order valence-corrected chi connectivity index (χ0v) is 46.0. The van der Waals surface area contributed by atoms with Gasteiger partial charge in [0.2, 0.25) is 23.7 Å². The highest BCUT2D eigenvalue weighted by Gasteiger charge is 2.40. The van der Waals surface area contributed by atoms with Crippen LogP contribution in [-0.2, 0) is 19.1 Å². The van der Waals surface area contributed by atoms with E-state index in [1.165, 1.54) is 12.1 Å². The SMILES string of the molecule is COCCN1C[C@@H](NC(=O)Nc2c(C)c(-c3cnc(N4CCN(C(=O)CCCCCCCNC(=O)C[C@@H](c5ccc(-c6scnc6C)cc5)N5CC(O)CC5C(N)=O)CC4)nc3)nn2-c2ccccc2)[C@H](c2cccc(F)c2)C1. The molecule has 3 aromatic carbocycles. The molecule has 3 aliphatic heterocycles. The minimum absolute atomic E-state index is 0.122. The molecule has 5 amide bonds. The zero-order chi connectivity index (χ0) is 55.4. The van der Waals surface area contributed by atoms with E-state index < -0.39 is 30.1 Å². The molecule has 0 saturated carbocycles. The van der Waals surface area contributed by atoms with Gasteiger partial charge in [-0.05, 0) is 74.1 Å². The van der Waals surface area contributed by atoms with Crippen molar-refractivity contribution in [2.75, 3.05) is 82.8 Å². The largest absolute Gasteiger partial charge is 0.392 e. The van der Waals surface area contributed by atoms with Crippen molar-refractivity contribution in [1.29, 1.82) is 0 Å². The third-order valence-corrected chi connectivity index (χ3v) is 16.4. The van der Waals surface area contributed by atoms with E-state index in [-0.39, 0.29) is 49.0 Å². The van der Waals surface area contributed by atoms with Gasteiger partial charge in [-0.15, -0.1) is 11.3 Å². The average molecular weight is 1100 g/mol. The number of amides is 5. The van der Waals surface area contributed by atoms with Crippen LogP contribution in [0, 0.1) is 19.7 Å². The Labute approximate surface area is 464 Å². The number of rotatable bonds is 23. The van der Waals surface area contributed by atoms with E-state index in [1.807, 2.05) is 89.8 Å².